The predicted octanol–water partition coefficient (Wildman–Crippen LogP) is 2.39. The second-order valence-corrected chi connectivity index (χ2v) is 5.05. The molecule has 19 heavy (non-hydrogen) atoms. The summed E-state index contributed by atoms with van der Waals surface area (Å²) in [4.78, 5) is 23.7. The van der Waals surface area contributed by atoms with Gasteiger partial charge in [-0.3, -0.25) is 9.59 Å². The highest BCUT2D eigenvalue weighted by atomic mass is 16.4. The van der Waals surface area contributed by atoms with Gasteiger partial charge in [0.25, 0.3) is 0 Å². The molecule has 0 aromatic heterocycles. The van der Waals surface area contributed by atoms with Gasteiger partial charge in [0.05, 0.1) is 6.42 Å². The number of anilines is 1. The quantitative estimate of drug-likeness (QED) is 0.800. The first-order valence-corrected chi connectivity index (χ1v) is 6.68. The minimum absolute atomic E-state index is 0.147. The maximum atomic E-state index is 11.6. The number of fused-ring (bicyclic) bond motifs is 1. The molecule has 4 nitrogen and oxygen atoms in total. The molecule has 1 heterocycles. The number of likely N-dealkylation sites (N-methyl/N-ethyl adjacent to an activating group) is 1. The van der Waals surface area contributed by atoms with Crippen molar-refractivity contribution in [1.82, 2.24) is 0 Å². The van der Waals surface area contributed by atoms with E-state index in [0.717, 1.165) is 36.9 Å². The van der Waals surface area contributed by atoms with E-state index < -0.39 is 5.97 Å². The zero-order valence-corrected chi connectivity index (χ0v) is 11.2. The summed E-state index contributed by atoms with van der Waals surface area (Å²) in [7, 11) is 1.81. The molecule has 102 valence electrons. The Morgan fingerprint density at radius 3 is 2.84 bits per heavy atom. The standard InChI is InChI=1S/C15H19NO3/c1-16-13-8-7-11(9-12(13)10-14(16)17)5-3-2-4-6-15(18)19/h7-9H,2-6,10H2,1H3,(H,18,19). The Kier molecular flexibility index (Phi) is 4.20. The molecule has 1 aliphatic heterocycles. The number of carboxylic acids is 1. The number of carbonyl (C=O) groups excluding carboxylic acids is 1. The molecule has 0 bridgehead atoms. The maximum absolute atomic E-state index is 11.6. The molecule has 0 atom stereocenters. The van der Waals surface area contributed by atoms with Crippen LogP contribution in [0.2, 0.25) is 0 Å². The molecular formula is C15H19NO3. The van der Waals surface area contributed by atoms with Crippen LogP contribution in [0, 0.1) is 0 Å². The fraction of sp³-hybridized carbons (Fsp3) is 0.467. The number of nitrogens with zero attached hydrogens (tertiary/aromatic N) is 1. The van der Waals surface area contributed by atoms with Gasteiger partial charge < -0.3 is 10.0 Å². The van der Waals surface area contributed by atoms with Crippen molar-refractivity contribution < 1.29 is 14.7 Å². The Balaban J connectivity index is 1.85. The van der Waals surface area contributed by atoms with E-state index in [1.165, 1.54) is 5.56 Å². The van der Waals surface area contributed by atoms with Crippen LogP contribution in [0.25, 0.3) is 0 Å². The van der Waals surface area contributed by atoms with Gasteiger partial charge in [0.1, 0.15) is 0 Å². The summed E-state index contributed by atoms with van der Waals surface area (Å²) in [6.07, 6.45) is 4.37. The fourth-order valence-electron chi connectivity index (χ4n) is 2.46. The van der Waals surface area contributed by atoms with Crippen LogP contribution in [0.3, 0.4) is 0 Å². The summed E-state index contributed by atoms with van der Waals surface area (Å²) < 4.78 is 0. The predicted molar refractivity (Wildman–Crippen MR) is 73.4 cm³/mol. The van der Waals surface area contributed by atoms with Crippen molar-refractivity contribution in [2.75, 3.05) is 11.9 Å². The highest BCUT2D eigenvalue weighted by Crippen LogP contribution is 2.28. The Labute approximate surface area is 113 Å². The Morgan fingerprint density at radius 1 is 1.32 bits per heavy atom. The van der Waals surface area contributed by atoms with E-state index in [9.17, 15) is 9.59 Å². The van der Waals surface area contributed by atoms with Crippen molar-refractivity contribution in [3.63, 3.8) is 0 Å². The molecule has 0 radical (unpaired) electrons. The summed E-state index contributed by atoms with van der Waals surface area (Å²) in [5, 5.41) is 8.55. The lowest BCUT2D eigenvalue weighted by atomic mass is 10.0. The molecule has 0 spiro atoms. The lowest BCUT2D eigenvalue weighted by Crippen LogP contribution is -2.20. The molecule has 0 unspecified atom stereocenters. The molecule has 0 fully saturated rings. The highest BCUT2D eigenvalue weighted by molar-refractivity contribution is 6.00. The van der Waals surface area contributed by atoms with E-state index in [0.29, 0.717) is 6.42 Å². The topological polar surface area (TPSA) is 57.6 Å². The van der Waals surface area contributed by atoms with Crippen molar-refractivity contribution in [3.05, 3.63) is 29.3 Å². The molecule has 0 saturated carbocycles. The number of carbonyl (C=O) groups is 2. The van der Waals surface area contributed by atoms with Crippen molar-refractivity contribution in [2.45, 2.75) is 38.5 Å². The van der Waals surface area contributed by atoms with Crippen molar-refractivity contribution >= 4 is 17.6 Å². The summed E-state index contributed by atoms with van der Waals surface area (Å²) >= 11 is 0. The SMILES string of the molecule is CN1C(=O)Cc2cc(CCCCCC(=O)O)ccc21. The first kappa shape index (κ1) is 13.6. The number of hydrogen-bond acceptors (Lipinski definition) is 2. The number of aliphatic carboxylic acids is 1. The summed E-state index contributed by atoms with van der Waals surface area (Å²) in [5.41, 5.74) is 3.35. The lowest BCUT2D eigenvalue weighted by molar-refractivity contribution is -0.137. The van der Waals surface area contributed by atoms with Crippen molar-refractivity contribution in [1.29, 1.82) is 0 Å². The average Bonchev–Trinajstić information content (AvgIpc) is 2.64. The number of amides is 1. The number of benzene rings is 1. The number of aryl methyl sites for hydroxylation is 1. The maximum Gasteiger partial charge on any atom is 0.303 e. The van der Waals surface area contributed by atoms with Gasteiger partial charge in [-0.15, -0.1) is 0 Å². The third-order valence-electron chi connectivity index (χ3n) is 3.58. The molecule has 4 heteroatoms. The smallest absolute Gasteiger partial charge is 0.303 e. The molecule has 1 amide bonds. The summed E-state index contributed by atoms with van der Waals surface area (Å²) in [6.45, 7) is 0. The lowest BCUT2D eigenvalue weighted by Gasteiger charge is -2.10. The number of carboxylic acid groups (broad SMARTS) is 1. The number of hydrogen-bond donors (Lipinski definition) is 1. The van der Waals surface area contributed by atoms with Crippen LogP contribution in [-0.2, 0) is 22.4 Å². The zero-order chi connectivity index (χ0) is 13.8. The van der Waals surface area contributed by atoms with Gasteiger partial charge in [0.15, 0.2) is 0 Å². The van der Waals surface area contributed by atoms with Crippen LogP contribution in [0.4, 0.5) is 5.69 Å². The van der Waals surface area contributed by atoms with Crippen LogP contribution in [0.5, 0.6) is 0 Å². The van der Waals surface area contributed by atoms with Gasteiger partial charge >= 0.3 is 5.97 Å². The summed E-state index contributed by atoms with van der Waals surface area (Å²) in [5.74, 6) is -0.576. The molecular weight excluding hydrogens is 242 g/mol. The Morgan fingerprint density at radius 2 is 2.11 bits per heavy atom. The zero-order valence-electron chi connectivity index (χ0n) is 11.2. The molecule has 1 aliphatic rings. The highest BCUT2D eigenvalue weighted by Gasteiger charge is 2.23. The summed E-state index contributed by atoms with van der Waals surface area (Å²) in [6, 6.07) is 6.17. The normalized spacial score (nSPS) is 13.7. The second kappa shape index (κ2) is 5.87. The van der Waals surface area contributed by atoms with Crippen LogP contribution < -0.4 is 4.90 Å². The first-order chi connectivity index (χ1) is 9.08. The Hall–Kier alpha value is -1.84. The molecule has 1 aromatic rings. The van der Waals surface area contributed by atoms with Crippen LogP contribution in [0.15, 0.2) is 18.2 Å². The van der Waals surface area contributed by atoms with Gasteiger partial charge in [-0.25, -0.2) is 0 Å². The monoisotopic (exact) mass is 261 g/mol. The number of unbranched alkanes of at least 4 members (excludes halogenated alkanes) is 2. The average molecular weight is 261 g/mol. The van der Waals surface area contributed by atoms with Gasteiger partial charge in [0, 0.05) is 19.2 Å². The first-order valence-electron chi connectivity index (χ1n) is 6.68. The van der Waals surface area contributed by atoms with Crippen molar-refractivity contribution in [2.24, 2.45) is 0 Å². The number of rotatable bonds is 6. The minimum Gasteiger partial charge on any atom is -0.481 e. The van der Waals surface area contributed by atoms with Gasteiger partial charge in [-0.05, 0) is 36.5 Å². The van der Waals surface area contributed by atoms with Gasteiger partial charge in [-0.1, -0.05) is 18.6 Å². The largest absolute Gasteiger partial charge is 0.481 e. The molecule has 0 aliphatic carbocycles. The van der Waals surface area contributed by atoms with E-state index in [-0.39, 0.29) is 12.3 Å². The molecule has 1 N–H and O–H groups in total. The van der Waals surface area contributed by atoms with Gasteiger partial charge in [-0.2, -0.15) is 0 Å². The van der Waals surface area contributed by atoms with Crippen LogP contribution in [0.1, 0.15) is 36.8 Å². The van der Waals surface area contributed by atoms with Crippen LogP contribution in [-0.4, -0.2) is 24.0 Å². The van der Waals surface area contributed by atoms with E-state index in [1.54, 1.807) is 11.9 Å². The van der Waals surface area contributed by atoms with Crippen LogP contribution >= 0.6 is 0 Å². The molecule has 2 rings (SSSR count). The Bertz CT molecular complexity index is 496. The third-order valence-corrected chi connectivity index (χ3v) is 3.58. The van der Waals surface area contributed by atoms with Gasteiger partial charge in [0.2, 0.25) is 5.91 Å². The second-order valence-electron chi connectivity index (χ2n) is 5.05. The molecule has 1 aromatic carbocycles. The van der Waals surface area contributed by atoms with Crippen molar-refractivity contribution in [3.8, 4) is 0 Å². The van der Waals surface area contributed by atoms with E-state index in [2.05, 4.69) is 12.1 Å². The minimum atomic E-state index is -0.723. The van der Waals surface area contributed by atoms with E-state index >= 15 is 0 Å². The third kappa shape index (κ3) is 3.34. The molecule has 0 saturated heterocycles. The fourth-order valence-corrected chi connectivity index (χ4v) is 2.46. The van der Waals surface area contributed by atoms with E-state index in [1.807, 2.05) is 6.07 Å². The van der Waals surface area contributed by atoms with E-state index in [4.69, 9.17) is 5.11 Å².